The fourth-order valence-corrected chi connectivity index (χ4v) is 5.05. The number of fused-ring (bicyclic) bond motifs is 1. The number of nitrogens with zero attached hydrogens (tertiary/aromatic N) is 3. The van der Waals surface area contributed by atoms with Crippen molar-refractivity contribution in [2.45, 2.75) is 26.7 Å². The van der Waals surface area contributed by atoms with Crippen molar-refractivity contribution in [3.05, 3.63) is 29.8 Å². The number of halogens is 1. The zero-order valence-corrected chi connectivity index (χ0v) is 18.9. The lowest BCUT2D eigenvalue weighted by molar-refractivity contribution is 0.370. The lowest BCUT2D eigenvalue weighted by Gasteiger charge is -2.24. The predicted molar refractivity (Wildman–Crippen MR) is 118 cm³/mol. The molecule has 0 unspecified atom stereocenters. The Labute approximate surface area is 174 Å². The Morgan fingerprint density at radius 1 is 1.27 bits per heavy atom. The van der Waals surface area contributed by atoms with Crippen LogP contribution in [0.15, 0.2) is 29.3 Å². The van der Waals surface area contributed by atoms with Gasteiger partial charge in [0.15, 0.2) is 5.96 Å². The van der Waals surface area contributed by atoms with Crippen LogP contribution in [-0.4, -0.2) is 58.3 Å². The largest absolute Gasteiger partial charge is 0.355 e. The van der Waals surface area contributed by atoms with Crippen LogP contribution in [0.25, 0.3) is 0 Å². The van der Waals surface area contributed by atoms with Crippen LogP contribution in [0.3, 0.4) is 0 Å². The van der Waals surface area contributed by atoms with Gasteiger partial charge in [-0.25, -0.2) is 8.42 Å². The first-order valence-electron chi connectivity index (χ1n) is 8.86. The van der Waals surface area contributed by atoms with Gasteiger partial charge in [0.05, 0.1) is 11.4 Å². The van der Waals surface area contributed by atoms with Crippen LogP contribution in [0.2, 0.25) is 0 Å². The van der Waals surface area contributed by atoms with E-state index in [1.54, 1.807) is 11.4 Å². The summed E-state index contributed by atoms with van der Waals surface area (Å²) in [4.78, 5) is 6.52. The zero-order chi connectivity index (χ0) is 18.1. The number of sulfonamides is 1. The van der Waals surface area contributed by atoms with E-state index < -0.39 is 10.0 Å². The molecule has 8 heteroatoms. The van der Waals surface area contributed by atoms with E-state index >= 15 is 0 Å². The van der Waals surface area contributed by atoms with Crippen molar-refractivity contribution in [2.75, 3.05) is 43.3 Å². The van der Waals surface area contributed by atoms with Crippen molar-refractivity contribution < 1.29 is 8.42 Å². The molecule has 1 saturated heterocycles. The van der Waals surface area contributed by atoms with Crippen LogP contribution in [0.4, 0.5) is 5.69 Å². The summed E-state index contributed by atoms with van der Waals surface area (Å²) >= 11 is 0. The lowest BCUT2D eigenvalue weighted by Crippen LogP contribution is -2.43. The summed E-state index contributed by atoms with van der Waals surface area (Å²) in [6, 6.07) is 7.73. The second-order valence-electron chi connectivity index (χ2n) is 7.58. The van der Waals surface area contributed by atoms with E-state index in [9.17, 15) is 8.42 Å². The molecule has 3 rings (SSSR count). The highest BCUT2D eigenvalue weighted by Crippen LogP contribution is 2.30. The molecule has 0 aliphatic carbocycles. The van der Waals surface area contributed by atoms with Gasteiger partial charge in [0.25, 0.3) is 0 Å². The van der Waals surface area contributed by atoms with E-state index in [0.29, 0.717) is 13.1 Å². The maximum atomic E-state index is 12.7. The topological polar surface area (TPSA) is 65.0 Å². The predicted octanol–water partition coefficient (Wildman–Crippen LogP) is 2.30. The number of hydrogen-bond donors (Lipinski definition) is 1. The Balaban J connectivity index is 0.00000243. The third kappa shape index (κ3) is 4.62. The second kappa shape index (κ2) is 8.33. The van der Waals surface area contributed by atoms with E-state index in [1.807, 2.05) is 24.3 Å². The molecule has 6 nitrogen and oxygen atoms in total. The SMILES string of the molecule is CN=C(NCCS(=O)(=O)N1CCc2ccccc21)N1CCC(C)(C)C1.I. The molecule has 0 atom stereocenters. The molecule has 1 fully saturated rings. The summed E-state index contributed by atoms with van der Waals surface area (Å²) in [5.41, 5.74) is 2.21. The van der Waals surface area contributed by atoms with Gasteiger partial charge < -0.3 is 10.2 Å². The first-order chi connectivity index (χ1) is 11.8. The molecule has 1 aromatic rings. The van der Waals surface area contributed by atoms with Crippen molar-refractivity contribution in [3.63, 3.8) is 0 Å². The van der Waals surface area contributed by atoms with Gasteiger partial charge in [0.2, 0.25) is 10.0 Å². The zero-order valence-electron chi connectivity index (χ0n) is 15.7. The molecule has 0 saturated carbocycles. The van der Waals surface area contributed by atoms with Crippen LogP contribution in [-0.2, 0) is 16.4 Å². The first-order valence-corrected chi connectivity index (χ1v) is 10.5. The van der Waals surface area contributed by atoms with Crippen molar-refractivity contribution in [2.24, 2.45) is 10.4 Å². The molecule has 0 bridgehead atoms. The Bertz CT molecular complexity index is 764. The fourth-order valence-electron chi connectivity index (χ4n) is 3.62. The summed E-state index contributed by atoms with van der Waals surface area (Å²) in [7, 11) is -1.58. The molecule has 2 heterocycles. The number of aliphatic imine (C=N–C) groups is 1. The van der Waals surface area contributed by atoms with Gasteiger partial charge in [0.1, 0.15) is 0 Å². The minimum absolute atomic E-state index is 0. The average Bonchev–Trinajstić information content (AvgIpc) is 3.15. The molecule has 2 aliphatic heterocycles. The molecule has 1 N–H and O–H groups in total. The number of nitrogens with one attached hydrogen (secondary N) is 1. The normalized spacial score (nSPS) is 19.3. The molecule has 26 heavy (non-hydrogen) atoms. The first kappa shape index (κ1) is 21.3. The van der Waals surface area contributed by atoms with Gasteiger partial charge in [-0.2, -0.15) is 0 Å². The van der Waals surface area contributed by atoms with E-state index in [0.717, 1.165) is 43.1 Å². The van der Waals surface area contributed by atoms with Crippen molar-refractivity contribution >= 4 is 45.6 Å². The van der Waals surface area contributed by atoms with Crippen LogP contribution < -0.4 is 9.62 Å². The Morgan fingerprint density at radius 2 is 2.00 bits per heavy atom. The summed E-state index contributed by atoms with van der Waals surface area (Å²) in [5.74, 6) is 0.861. The van der Waals surface area contributed by atoms with E-state index in [-0.39, 0.29) is 35.1 Å². The smallest absolute Gasteiger partial charge is 0.236 e. The second-order valence-corrected chi connectivity index (χ2v) is 9.59. The Morgan fingerprint density at radius 3 is 2.65 bits per heavy atom. The standard InChI is InChI=1S/C18H28N4O2S.HI/c1-18(2)9-12-21(14-18)17(19-3)20-10-13-25(23,24)22-11-8-15-6-4-5-7-16(15)22;/h4-7H,8-14H2,1-3H3,(H,19,20);1H. The van der Waals surface area contributed by atoms with E-state index in [1.165, 1.54) is 0 Å². The molecule has 146 valence electrons. The number of anilines is 1. The van der Waals surface area contributed by atoms with Gasteiger partial charge in [0, 0.05) is 33.2 Å². The quantitative estimate of drug-likeness (QED) is 0.398. The highest BCUT2D eigenvalue weighted by atomic mass is 127. The number of rotatable bonds is 4. The van der Waals surface area contributed by atoms with Crippen LogP contribution in [0.5, 0.6) is 0 Å². The van der Waals surface area contributed by atoms with E-state index in [2.05, 4.69) is 29.1 Å². The van der Waals surface area contributed by atoms with Crippen LogP contribution in [0.1, 0.15) is 25.8 Å². The average molecular weight is 492 g/mol. The Kier molecular flexibility index (Phi) is 6.81. The number of guanidine groups is 1. The molecule has 0 spiro atoms. The van der Waals surface area contributed by atoms with Gasteiger partial charge in [-0.15, -0.1) is 24.0 Å². The van der Waals surface area contributed by atoms with Crippen LogP contribution >= 0.6 is 24.0 Å². The Hall–Kier alpha value is -1.03. The lowest BCUT2D eigenvalue weighted by atomic mass is 9.93. The summed E-state index contributed by atoms with van der Waals surface area (Å²) in [5, 5.41) is 3.22. The number of hydrogen-bond acceptors (Lipinski definition) is 3. The van der Waals surface area contributed by atoms with E-state index in [4.69, 9.17) is 0 Å². The van der Waals surface area contributed by atoms with Gasteiger partial charge >= 0.3 is 0 Å². The maximum absolute atomic E-state index is 12.7. The molecular formula is C18H29IN4O2S. The maximum Gasteiger partial charge on any atom is 0.236 e. The van der Waals surface area contributed by atoms with Gasteiger partial charge in [-0.1, -0.05) is 32.0 Å². The minimum atomic E-state index is -3.33. The molecule has 1 aromatic carbocycles. The molecular weight excluding hydrogens is 463 g/mol. The highest BCUT2D eigenvalue weighted by Gasteiger charge is 2.32. The summed E-state index contributed by atoms with van der Waals surface area (Å²) in [6.07, 6.45) is 1.91. The third-order valence-corrected chi connectivity index (χ3v) is 6.78. The minimum Gasteiger partial charge on any atom is -0.355 e. The number of para-hydroxylation sites is 1. The fraction of sp³-hybridized carbons (Fsp3) is 0.611. The monoisotopic (exact) mass is 492 g/mol. The van der Waals surface area contributed by atoms with Crippen LogP contribution in [0, 0.1) is 5.41 Å². The van der Waals surface area contributed by atoms with Crippen molar-refractivity contribution in [1.29, 1.82) is 0 Å². The highest BCUT2D eigenvalue weighted by molar-refractivity contribution is 14.0. The van der Waals surface area contributed by atoms with Gasteiger partial charge in [-0.05, 0) is 29.9 Å². The molecule has 2 aliphatic rings. The number of likely N-dealkylation sites (tertiary alicyclic amines) is 1. The molecule has 0 amide bonds. The number of benzene rings is 1. The molecule has 0 radical (unpaired) electrons. The third-order valence-electron chi connectivity index (χ3n) is 5.01. The summed E-state index contributed by atoms with van der Waals surface area (Å²) < 4.78 is 27.0. The van der Waals surface area contributed by atoms with Gasteiger partial charge in [-0.3, -0.25) is 9.30 Å². The summed E-state index contributed by atoms with van der Waals surface area (Å²) in [6.45, 7) is 7.30. The van der Waals surface area contributed by atoms with Crippen molar-refractivity contribution in [1.82, 2.24) is 10.2 Å². The molecule has 0 aromatic heterocycles. The van der Waals surface area contributed by atoms with Crippen molar-refractivity contribution in [3.8, 4) is 0 Å².